The van der Waals surface area contributed by atoms with Crippen molar-refractivity contribution in [1.82, 2.24) is 20.2 Å². The van der Waals surface area contributed by atoms with Crippen LogP contribution in [0.2, 0.25) is 0 Å². The van der Waals surface area contributed by atoms with Crippen LogP contribution in [0.1, 0.15) is 25.0 Å². The van der Waals surface area contributed by atoms with E-state index in [0.29, 0.717) is 18.2 Å². The van der Waals surface area contributed by atoms with Crippen LogP contribution in [0.15, 0.2) is 53.1 Å². The zero-order chi connectivity index (χ0) is 19.2. The van der Waals surface area contributed by atoms with Gasteiger partial charge in [-0.1, -0.05) is 30.3 Å². The van der Waals surface area contributed by atoms with Gasteiger partial charge in [0.2, 0.25) is 0 Å². The van der Waals surface area contributed by atoms with E-state index in [9.17, 15) is 4.79 Å². The number of carbonyl (C=O) groups excluding carboxylic acids is 1. The van der Waals surface area contributed by atoms with E-state index in [0.717, 1.165) is 24.8 Å². The van der Waals surface area contributed by atoms with Crippen molar-refractivity contribution in [3.8, 4) is 11.4 Å². The van der Waals surface area contributed by atoms with E-state index in [4.69, 9.17) is 13.9 Å². The maximum atomic E-state index is 12.9. The number of benzene rings is 1. The minimum atomic E-state index is -0.546. The lowest BCUT2D eigenvalue weighted by molar-refractivity contribution is -0.142. The molecule has 1 atom stereocenters. The average molecular weight is 380 g/mol. The summed E-state index contributed by atoms with van der Waals surface area (Å²) in [5, 5.41) is 11.8. The van der Waals surface area contributed by atoms with Crippen molar-refractivity contribution in [2.24, 2.45) is 0 Å². The molecule has 2 aromatic heterocycles. The van der Waals surface area contributed by atoms with Crippen molar-refractivity contribution in [3.63, 3.8) is 0 Å². The van der Waals surface area contributed by atoms with Crippen molar-refractivity contribution in [3.05, 3.63) is 54.5 Å². The molecule has 1 unspecified atom stereocenters. The third-order valence-corrected chi connectivity index (χ3v) is 4.44. The quantitative estimate of drug-likeness (QED) is 0.479. The molecule has 1 saturated heterocycles. The second-order valence-electron chi connectivity index (χ2n) is 6.41. The smallest absolute Gasteiger partial charge is 0.357 e. The summed E-state index contributed by atoms with van der Waals surface area (Å²) in [6.45, 7) is 0.888. The molecule has 1 aliphatic rings. The molecule has 0 amide bonds. The number of furan rings is 1. The highest BCUT2D eigenvalue weighted by Crippen LogP contribution is 2.22. The van der Waals surface area contributed by atoms with Gasteiger partial charge in [0, 0.05) is 18.2 Å². The van der Waals surface area contributed by atoms with E-state index in [1.165, 1.54) is 10.9 Å². The first-order chi connectivity index (χ1) is 13.8. The number of nitrogens with zero attached hydrogens (tertiary/aromatic N) is 4. The highest BCUT2D eigenvalue weighted by molar-refractivity contribution is 6.15. The number of esters is 1. The second-order valence-corrected chi connectivity index (χ2v) is 6.41. The molecule has 0 aliphatic carbocycles. The van der Waals surface area contributed by atoms with Gasteiger partial charge in [0.05, 0.1) is 12.4 Å². The van der Waals surface area contributed by atoms with Crippen molar-refractivity contribution in [1.29, 1.82) is 0 Å². The van der Waals surface area contributed by atoms with Gasteiger partial charge in [-0.25, -0.2) is 4.79 Å². The van der Waals surface area contributed by atoms with Crippen LogP contribution < -0.4 is 0 Å². The summed E-state index contributed by atoms with van der Waals surface area (Å²) >= 11 is 0. The molecule has 3 aromatic rings. The van der Waals surface area contributed by atoms with Crippen LogP contribution in [0.3, 0.4) is 0 Å². The van der Waals surface area contributed by atoms with Gasteiger partial charge in [0.25, 0.3) is 0 Å². The summed E-state index contributed by atoms with van der Waals surface area (Å²) in [5.74, 6) is 0.384. The van der Waals surface area contributed by atoms with Gasteiger partial charge in [-0.15, -0.1) is 5.10 Å². The van der Waals surface area contributed by atoms with Gasteiger partial charge in [-0.3, -0.25) is 0 Å². The molecular formula is C20H20N4O4. The van der Waals surface area contributed by atoms with Crippen molar-refractivity contribution >= 4 is 17.7 Å². The largest absolute Gasteiger partial charge is 0.465 e. The lowest BCUT2D eigenvalue weighted by Gasteiger charge is -2.22. The summed E-state index contributed by atoms with van der Waals surface area (Å²) in [5.41, 5.74) is 0.941. The van der Waals surface area contributed by atoms with E-state index in [2.05, 4.69) is 15.5 Å². The molecule has 28 heavy (non-hydrogen) atoms. The minimum Gasteiger partial charge on any atom is -0.465 e. The van der Waals surface area contributed by atoms with Crippen LogP contribution in [-0.4, -0.2) is 45.5 Å². The zero-order valence-corrected chi connectivity index (χ0v) is 15.2. The topological polar surface area (TPSA) is 92.3 Å². The van der Waals surface area contributed by atoms with Crippen LogP contribution in [0.25, 0.3) is 23.2 Å². The summed E-state index contributed by atoms with van der Waals surface area (Å²) in [4.78, 5) is 12.9. The van der Waals surface area contributed by atoms with E-state index in [1.807, 2.05) is 30.3 Å². The monoisotopic (exact) mass is 380 g/mol. The van der Waals surface area contributed by atoms with Gasteiger partial charge in [0.15, 0.2) is 11.5 Å². The molecule has 4 rings (SSSR count). The molecular weight excluding hydrogens is 360 g/mol. The Morgan fingerprint density at radius 2 is 2.11 bits per heavy atom. The van der Waals surface area contributed by atoms with Crippen LogP contribution in [0, 0.1) is 0 Å². The molecule has 0 bridgehead atoms. The van der Waals surface area contributed by atoms with Crippen LogP contribution in [0.4, 0.5) is 0 Å². The molecule has 0 spiro atoms. The fraction of sp³-hybridized carbons (Fsp3) is 0.300. The first kappa shape index (κ1) is 18.1. The molecule has 3 heterocycles. The number of hydrogen-bond acceptors (Lipinski definition) is 7. The van der Waals surface area contributed by atoms with E-state index >= 15 is 0 Å². The Labute approximate surface area is 161 Å². The molecule has 1 aliphatic heterocycles. The molecule has 0 saturated carbocycles. The number of carbonyl (C=O) groups is 1. The molecule has 144 valence electrons. The number of tetrazole rings is 1. The highest BCUT2D eigenvalue weighted by atomic mass is 16.6. The minimum absolute atomic E-state index is 0.0787. The SMILES string of the molecule is O=C(OCC1CCCCO1)/C(=C/c1ccco1)n1nnnc1-c1ccccc1. The third kappa shape index (κ3) is 4.17. The standard InChI is InChI=1S/C20H20N4O4/c25-20(28-14-17-9-4-5-11-27-17)18(13-16-10-6-12-26-16)24-19(21-22-23-24)15-7-2-1-3-8-15/h1-3,6-8,10,12-13,17H,4-5,9,11,14H2/b18-13-. The Balaban J connectivity index is 1.62. The van der Waals surface area contributed by atoms with Gasteiger partial charge in [0.1, 0.15) is 12.4 Å². The second kappa shape index (κ2) is 8.62. The molecule has 1 aromatic carbocycles. The Kier molecular flexibility index (Phi) is 5.58. The molecule has 0 N–H and O–H groups in total. The molecule has 8 nitrogen and oxygen atoms in total. The summed E-state index contributed by atoms with van der Waals surface area (Å²) < 4.78 is 17.9. The van der Waals surface area contributed by atoms with Crippen molar-refractivity contribution in [2.75, 3.05) is 13.2 Å². The highest BCUT2D eigenvalue weighted by Gasteiger charge is 2.23. The van der Waals surface area contributed by atoms with E-state index in [1.54, 1.807) is 18.2 Å². The number of hydrogen-bond donors (Lipinski definition) is 0. The number of rotatable bonds is 6. The summed E-state index contributed by atoms with van der Waals surface area (Å²) in [6.07, 6.45) is 6.01. The normalized spacial score (nSPS) is 17.4. The maximum Gasteiger partial charge on any atom is 0.357 e. The fourth-order valence-corrected chi connectivity index (χ4v) is 3.01. The Bertz CT molecular complexity index is 928. The predicted molar refractivity (Wildman–Crippen MR) is 101 cm³/mol. The third-order valence-electron chi connectivity index (χ3n) is 4.44. The van der Waals surface area contributed by atoms with E-state index < -0.39 is 5.97 Å². The Morgan fingerprint density at radius 3 is 2.86 bits per heavy atom. The lowest BCUT2D eigenvalue weighted by atomic mass is 10.1. The van der Waals surface area contributed by atoms with E-state index in [-0.39, 0.29) is 18.4 Å². The van der Waals surface area contributed by atoms with Crippen LogP contribution >= 0.6 is 0 Å². The molecule has 1 fully saturated rings. The fourth-order valence-electron chi connectivity index (χ4n) is 3.01. The lowest BCUT2D eigenvalue weighted by Crippen LogP contribution is -2.27. The molecule has 0 radical (unpaired) electrons. The molecule has 8 heteroatoms. The van der Waals surface area contributed by atoms with Gasteiger partial charge in [-0.2, -0.15) is 4.68 Å². The first-order valence-corrected chi connectivity index (χ1v) is 9.19. The number of ether oxygens (including phenoxy) is 2. The Morgan fingerprint density at radius 1 is 1.21 bits per heavy atom. The van der Waals surface area contributed by atoms with Crippen molar-refractivity contribution in [2.45, 2.75) is 25.4 Å². The predicted octanol–water partition coefficient (Wildman–Crippen LogP) is 3.04. The average Bonchev–Trinajstić information content (AvgIpc) is 3.43. The van der Waals surface area contributed by atoms with Crippen molar-refractivity contribution < 1.29 is 18.7 Å². The van der Waals surface area contributed by atoms with Gasteiger partial charge in [-0.05, 0) is 41.8 Å². The zero-order valence-electron chi connectivity index (χ0n) is 15.2. The maximum absolute atomic E-state index is 12.9. The van der Waals surface area contributed by atoms with Gasteiger partial charge < -0.3 is 13.9 Å². The summed E-state index contributed by atoms with van der Waals surface area (Å²) in [6, 6.07) is 12.9. The first-order valence-electron chi connectivity index (χ1n) is 9.19. The van der Waals surface area contributed by atoms with Crippen LogP contribution in [0.5, 0.6) is 0 Å². The summed E-state index contributed by atoms with van der Waals surface area (Å²) in [7, 11) is 0. The number of aromatic nitrogens is 4. The van der Waals surface area contributed by atoms with Crippen LogP contribution in [-0.2, 0) is 14.3 Å². The van der Waals surface area contributed by atoms with Gasteiger partial charge >= 0.3 is 5.97 Å². The Hall–Kier alpha value is -3.26.